The second kappa shape index (κ2) is 42.8. The summed E-state index contributed by atoms with van der Waals surface area (Å²) >= 11 is 0. The third-order valence-electron chi connectivity index (χ3n) is 10.3. The fourth-order valence-corrected chi connectivity index (χ4v) is 6.52. The Labute approximate surface area is 360 Å². The van der Waals surface area contributed by atoms with Gasteiger partial charge in [-0.05, 0) is 69.8 Å². The largest absolute Gasteiger partial charge is 0.462 e. The topological polar surface area (TPSA) is 117 Å². The van der Waals surface area contributed by atoms with Crippen LogP contribution in [0.25, 0.3) is 0 Å². The number of unbranched alkanes of at least 4 members (excludes halogenated alkanes) is 10. The second-order valence-electron chi connectivity index (χ2n) is 15.7. The van der Waals surface area contributed by atoms with Gasteiger partial charge in [0.2, 0.25) is 0 Å². The number of hydrogen-bond acceptors (Lipinski definition) is 11. The van der Waals surface area contributed by atoms with E-state index < -0.39 is 0 Å². The van der Waals surface area contributed by atoms with Gasteiger partial charge in [-0.15, -0.1) is 0 Å². The van der Waals surface area contributed by atoms with E-state index in [4.69, 9.17) is 42.6 Å². The minimum atomic E-state index is -0.144. The second-order valence-corrected chi connectivity index (χ2v) is 15.7. The SMILES string of the molecule is CCCCC(CC)OC(=O)CCCCCCCOCC(COCCOCCOCCOCCOCC1=CCCC=C1)OCCCCCCCC(=O)OC(CC)CCCC. The number of rotatable bonds is 45. The van der Waals surface area contributed by atoms with E-state index in [0.29, 0.717) is 98.7 Å². The molecule has 0 aliphatic heterocycles. The predicted molar refractivity (Wildman–Crippen MR) is 236 cm³/mol. The van der Waals surface area contributed by atoms with E-state index in [1.165, 1.54) is 5.57 Å². The molecule has 0 bridgehead atoms. The number of carbonyl (C=O) groups excluding carboxylic acids is 2. The molecule has 1 aliphatic rings. The lowest BCUT2D eigenvalue weighted by Crippen LogP contribution is -2.27. The Morgan fingerprint density at radius 1 is 0.492 bits per heavy atom. The van der Waals surface area contributed by atoms with E-state index in [1.807, 2.05) is 0 Å². The van der Waals surface area contributed by atoms with E-state index in [0.717, 1.165) is 128 Å². The highest BCUT2D eigenvalue weighted by molar-refractivity contribution is 5.69. The van der Waals surface area contributed by atoms with Gasteiger partial charge in [-0.2, -0.15) is 0 Å². The van der Waals surface area contributed by atoms with Gasteiger partial charge in [-0.25, -0.2) is 0 Å². The van der Waals surface area contributed by atoms with Gasteiger partial charge in [0, 0.05) is 26.1 Å². The van der Waals surface area contributed by atoms with Crippen molar-refractivity contribution in [2.75, 3.05) is 85.9 Å². The van der Waals surface area contributed by atoms with Crippen molar-refractivity contribution in [3.8, 4) is 0 Å². The molecule has 0 aromatic rings. The first kappa shape index (κ1) is 55.2. The van der Waals surface area contributed by atoms with Gasteiger partial charge in [-0.3, -0.25) is 9.59 Å². The van der Waals surface area contributed by atoms with Gasteiger partial charge in [0.15, 0.2) is 0 Å². The van der Waals surface area contributed by atoms with Crippen LogP contribution in [0.15, 0.2) is 23.8 Å². The summed E-state index contributed by atoms with van der Waals surface area (Å²) < 4.78 is 52.0. The Morgan fingerprint density at radius 2 is 0.949 bits per heavy atom. The molecule has 0 N–H and O–H groups in total. The van der Waals surface area contributed by atoms with E-state index in [9.17, 15) is 9.59 Å². The molecule has 3 atom stereocenters. The molecule has 346 valence electrons. The van der Waals surface area contributed by atoms with Crippen LogP contribution in [0.3, 0.4) is 0 Å². The Hall–Kier alpha value is -1.86. The van der Waals surface area contributed by atoms with Crippen LogP contribution in [0.2, 0.25) is 0 Å². The highest BCUT2D eigenvalue weighted by atomic mass is 16.6. The van der Waals surface area contributed by atoms with Crippen molar-refractivity contribution in [1.29, 1.82) is 0 Å². The highest BCUT2D eigenvalue weighted by Crippen LogP contribution is 2.14. The molecule has 11 heteroatoms. The number of hydrogen-bond donors (Lipinski definition) is 0. The van der Waals surface area contributed by atoms with E-state index in [-0.39, 0.29) is 30.3 Å². The van der Waals surface area contributed by atoms with E-state index in [2.05, 4.69) is 45.9 Å². The third-order valence-corrected chi connectivity index (χ3v) is 10.3. The molecule has 0 radical (unpaired) electrons. The Balaban J connectivity index is 2.19. The summed E-state index contributed by atoms with van der Waals surface area (Å²) in [6.45, 7) is 15.5. The summed E-state index contributed by atoms with van der Waals surface area (Å²) in [5.41, 5.74) is 1.24. The van der Waals surface area contributed by atoms with Gasteiger partial charge in [-0.1, -0.05) is 110 Å². The average molecular weight is 841 g/mol. The average Bonchev–Trinajstić information content (AvgIpc) is 3.25. The zero-order valence-corrected chi connectivity index (χ0v) is 38.2. The van der Waals surface area contributed by atoms with Gasteiger partial charge >= 0.3 is 11.9 Å². The summed E-state index contributed by atoms with van der Waals surface area (Å²) in [4.78, 5) is 24.4. The maximum absolute atomic E-state index is 12.2. The van der Waals surface area contributed by atoms with Gasteiger partial charge in [0.1, 0.15) is 18.3 Å². The van der Waals surface area contributed by atoms with Crippen LogP contribution in [0.4, 0.5) is 0 Å². The van der Waals surface area contributed by atoms with Crippen molar-refractivity contribution < 1.29 is 52.2 Å². The Kier molecular flexibility index (Phi) is 40.0. The van der Waals surface area contributed by atoms with Crippen LogP contribution >= 0.6 is 0 Å². The molecule has 1 aliphatic carbocycles. The van der Waals surface area contributed by atoms with Crippen molar-refractivity contribution >= 4 is 11.9 Å². The smallest absolute Gasteiger partial charge is 0.306 e. The van der Waals surface area contributed by atoms with Crippen LogP contribution in [0.5, 0.6) is 0 Å². The number of ether oxygens (including phenoxy) is 9. The first-order chi connectivity index (χ1) is 29.0. The van der Waals surface area contributed by atoms with Crippen LogP contribution in [0.1, 0.15) is 169 Å². The Morgan fingerprint density at radius 3 is 1.44 bits per heavy atom. The van der Waals surface area contributed by atoms with Crippen molar-refractivity contribution in [3.63, 3.8) is 0 Å². The quantitative estimate of drug-likeness (QED) is 0.0431. The molecule has 0 saturated carbocycles. The van der Waals surface area contributed by atoms with Crippen molar-refractivity contribution in [1.82, 2.24) is 0 Å². The first-order valence-electron chi connectivity index (χ1n) is 23.8. The third kappa shape index (κ3) is 36.5. The molecule has 0 spiro atoms. The molecule has 59 heavy (non-hydrogen) atoms. The molecule has 0 amide bonds. The zero-order chi connectivity index (χ0) is 42.7. The minimum Gasteiger partial charge on any atom is -0.462 e. The highest BCUT2D eigenvalue weighted by Gasteiger charge is 2.14. The molecular weight excluding hydrogens is 753 g/mol. The fourth-order valence-electron chi connectivity index (χ4n) is 6.52. The van der Waals surface area contributed by atoms with Crippen LogP contribution in [-0.4, -0.2) is 116 Å². The van der Waals surface area contributed by atoms with Crippen LogP contribution in [-0.2, 0) is 52.2 Å². The molecule has 0 saturated heterocycles. The predicted octanol–water partition coefficient (Wildman–Crippen LogP) is 10.5. The number of esters is 2. The molecule has 0 aromatic heterocycles. The zero-order valence-electron chi connectivity index (χ0n) is 38.2. The minimum absolute atomic E-state index is 0.0549. The lowest BCUT2D eigenvalue weighted by molar-refractivity contribution is -0.150. The molecular formula is C48H88O11. The lowest BCUT2D eigenvalue weighted by atomic mass is 10.1. The van der Waals surface area contributed by atoms with E-state index in [1.54, 1.807) is 0 Å². The molecule has 0 heterocycles. The summed E-state index contributed by atoms with van der Waals surface area (Å²) in [5.74, 6) is -0.113. The maximum Gasteiger partial charge on any atom is 0.306 e. The van der Waals surface area contributed by atoms with Crippen LogP contribution < -0.4 is 0 Å². The number of allylic oxidation sites excluding steroid dienone is 2. The fraction of sp³-hybridized carbons (Fsp3) is 0.875. The maximum atomic E-state index is 12.2. The van der Waals surface area contributed by atoms with Gasteiger partial charge in [0.25, 0.3) is 0 Å². The molecule has 1 rings (SSSR count). The summed E-state index contributed by atoms with van der Waals surface area (Å²) in [5, 5.41) is 0. The summed E-state index contributed by atoms with van der Waals surface area (Å²) in [6.07, 6.45) is 27.9. The van der Waals surface area contributed by atoms with E-state index >= 15 is 0 Å². The normalized spacial score (nSPS) is 14.3. The monoisotopic (exact) mass is 841 g/mol. The van der Waals surface area contributed by atoms with Gasteiger partial charge < -0.3 is 42.6 Å². The molecule has 0 aromatic carbocycles. The van der Waals surface area contributed by atoms with Crippen LogP contribution in [0, 0.1) is 0 Å². The standard InChI is InChI=1S/C48H88O11/c1-5-9-26-44(7-3)58-47(49)28-20-13-11-15-22-30-54-41-46(57-31-23-16-12-14-21-29-48(50)59-45(8-4)27-10-6-2)42-56-39-37-53-35-33-51-32-34-52-36-38-55-40-43-24-18-17-19-25-43/h18,24-25,44-46H,5-17,19-23,26-42H2,1-4H3. The summed E-state index contributed by atoms with van der Waals surface area (Å²) in [7, 11) is 0. The molecule has 11 nitrogen and oxygen atoms in total. The molecule has 3 unspecified atom stereocenters. The van der Waals surface area contributed by atoms with Crippen molar-refractivity contribution in [2.24, 2.45) is 0 Å². The van der Waals surface area contributed by atoms with Crippen molar-refractivity contribution in [2.45, 2.75) is 187 Å². The number of carbonyl (C=O) groups is 2. The van der Waals surface area contributed by atoms with Crippen molar-refractivity contribution in [3.05, 3.63) is 23.8 Å². The van der Waals surface area contributed by atoms with Gasteiger partial charge in [0.05, 0.1) is 72.7 Å². The summed E-state index contributed by atoms with van der Waals surface area (Å²) in [6, 6.07) is 0. The first-order valence-corrected chi connectivity index (χ1v) is 23.8. The molecule has 0 fully saturated rings. The lowest BCUT2D eigenvalue weighted by Gasteiger charge is -2.18. The Bertz CT molecular complexity index is 1000.